The molecule has 0 aliphatic rings. The molecule has 0 saturated carbocycles. The SMILES string of the molecule is CCCCN(Cc1ccccc1)C(=O)N(c1ccccc1)c1cccc(C(C)=O)c1. The van der Waals surface area contributed by atoms with Gasteiger partial charge in [0.25, 0.3) is 0 Å². The Hall–Kier alpha value is -3.40. The molecule has 154 valence electrons. The summed E-state index contributed by atoms with van der Waals surface area (Å²) in [6.45, 7) is 4.86. The fourth-order valence-electron chi connectivity index (χ4n) is 3.35. The third-order valence-electron chi connectivity index (χ3n) is 4.98. The molecule has 0 spiro atoms. The molecule has 3 aromatic rings. The molecule has 0 aliphatic heterocycles. The quantitative estimate of drug-likeness (QED) is 0.408. The molecule has 0 N–H and O–H groups in total. The Labute approximate surface area is 178 Å². The monoisotopic (exact) mass is 400 g/mol. The molecule has 0 saturated heterocycles. The highest BCUT2D eigenvalue weighted by Gasteiger charge is 2.24. The van der Waals surface area contributed by atoms with Crippen molar-refractivity contribution in [2.45, 2.75) is 33.2 Å². The number of anilines is 2. The molecule has 0 fully saturated rings. The number of nitrogens with zero attached hydrogens (tertiary/aromatic N) is 2. The van der Waals surface area contributed by atoms with Crippen LogP contribution >= 0.6 is 0 Å². The summed E-state index contributed by atoms with van der Waals surface area (Å²) in [6, 6.07) is 26.8. The minimum absolute atomic E-state index is 0.0237. The van der Waals surface area contributed by atoms with E-state index < -0.39 is 0 Å². The Morgan fingerprint density at radius 2 is 1.43 bits per heavy atom. The average molecular weight is 401 g/mol. The first-order valence-corrected chi connectivity index (χ1v) is 10.4. The third-order valence-corrected chi connectivity index (χ3v) is 4.98. The molecule has 0 bridgehead atoms. The molecule has 0 heterocycles. The van der Waals surface area contributed by atoms with Crippen LogP contribution in [-0.4, -0.2) is 23.3 Å². The fourth-order valence-corrected chi connectivity index (χ4v) is 3.35. The summed E-state index contributed by atoms with van der Waals surface area (Å²) < 4.78 is 0. The van der Waals surface area contributed by atoms with E-state index in [1.54, 1.807) is 17.0 Å². The number of ketones is 1. The Balaban J connectivity index is 2.01. The van der Waals surface area contributed by atoms with Crippen molar-refractivity contribution < 1.29 is 9.59 Å². The lowest BCUT2D eigenvalue weighted by molar-refractivity contribution is 0.101. The predicted octanol–water partition coefficient (Wildman–Crippen LogP) is 6.45. The molecule has 0 aromatic heterocycles. The zero-order valence-electron chi connectivity index (χ0n) is 17.6. The fraction of sp³-hybridized carbons (Fsp3) is 0.231. The maximum absolute atomic E-state index is 13.8. The molecule has 2 amide bonds. The van der Waals surface area contributed by atoms with Crippen molar-refractivity contribution in [3.05, 3.63) is 96.1 Å². The second-order valence-electron chi connectivity index (χ2n) is 7.32. The molecule has 30 heavy (non-hydrogen) atoms. The van der Waals surface area contributed by atoms with Crippen LogP contribution in [0.1, 0.15) is 42.6 Å². The van der Waals surface area contributed by atoms with Crippen molar-refractivity contribution in [3.8, 4) is 0 Å². The molecule has 0 atom stereocenters. The topological polar surface area (TPSA) is 40.6 Å². The number of amides is 2. The Morgan fingerprint density at radius 3 is 2.07 bits per heavy atom. The van der Waals surface area contributed by atoms with Crippen molar-refractivity contribution >= 4 is 23.2 Å². The number of rotatable bonds is 8. The van der Waals surface area contributed by atoms with Crippen molar-refractivity contribution in [2.75, 3.05) is 11.4 Å². The van der Waals surface area contributed by atoms with Gasteiger partial charge in [0, 0.05) is 18.7 Å². The van der Waals surface area contributed by atoms with Crippen molar-refractivity contribution in [1.29, 1.82) is 0 Å². The summed E-state index contributed by atoms with van der Waals surface area (Å²) in [4.78, 5) is 29.3. The van der Waals surface area contributed by atoms with Gasteiger partial charge in [-0.05, 0) is 43.2 Å². The van der Waals surface area contributed by atoms with Gasteiger partial charge in [-0.1, -0.05) is 74.0 Å². The van der Waals surface area contributed by atoms with Crippen molar-refractivity contribution in [1.82, 2.24) is 4.90 Å². The van der Waals surface area contributed by atoms with E-state index in [4.69, 9.17) is 0 Å². The number of urea groups is 1. The van der Waals surface area contributed by atoms with Crippen LogP contribution in [0.3, 0.4) is 0 Å². The minimum Gasteiger partial charge on any atom is -0.320 e. The largest absolute Gasteiger partial charge is 0.329 e. The molecule has 3 rings (SSSR count). The minimum atomic E-state index is -0.0980. The van der Waals surface area contributed by atoms with Crippen LogP contribution in [-0.2, 0) is 6.54 Å². The number of hydrogen-bond donors (Lipinski definition) is 0. The van der Waals surface area contributed by atoms with Crippen LogP contribution in [0.15, 0.2) is 84.9 Å². The zero-order valence-corrected chi connectivity index (χ0v) is 17.6. The van der Waals surface area contributed by atoms with E-state index in [1.165, 1.54) is 6.92 Å². The molecule has 4 heteroatoms. The van der Waals surface area contributed by atoms with Gasteiger partial charge >= 0.3 is 6.03 Å². The van der Waals surface area contributed by atoms with Gasteiger partial charge in [-0.25, -0.2) is 4.79 Å². The third kappa shape index (κ3) is 5.35. The van der Waals surface area contributed by atoms with Gasteiger partial charge in [-0.3, -0.25) is 9.69 Å². The molecule has 0 unspecified atom stereocenters. The lowest BCUT2D eigenvalue weighted by Gasteiger charge is -2.31. The molecule has 4 nitrogen and oxygen atoms in total. The summed E-state index contributed by atoms with van der Waals surface area (Å²) in [6.07, 6.45) is 1.93. The van der Waals surface area contributed by atoms with Gasteiger partial charge in [-0.15, -0.1) is 0 Å². The summed E-state index contributed by atoms with van der Waals surface area (Å²) in [5, 5.41) is 0. The van der Waals surface area contributed by atoms with Crippen LogP contribution in [0.5, 0.6) is 0 Å². The number of carbonyl (C=O) groups is 2. The van der Waals surface area contributed by atoms with Gasteiger partial charge in [0.15, 0.2) is 5.78 Å². The number of carbonyl (C=O) groups excluding carboxylic acids is 2. The van der Waals surface area contributed by atoms with E-state index in [-0.39, 0.29) is 11.8 Å². The van der Waals surface area contributed by atoms with E-state index >= 15 is 0 Å². The number of Topliss-reactive ketones (excluding diaryl/α,β-unsaturated/α-hetero) is 1. The van der Waals surface area contributed by atoms with Crippen LogP contribution in [0, 0.1) is 0 Å². The Kier molecular flexibility index (Phi) is 7.39. The van der Waals surface area contributed by atoms with Gasteiger partial charge in [0.1, 0.15) is 0 Å². The summed E-state index contributed by atoms with van der Waals surface area (Å²) in [5.74, 6) is -0.0237. The molecular formula is C26H28N2O2. The molecule has 0 radical (unpaired) electrons. The number of benzene rings is 3. The highest BCUT2D eigenvalue weighted by atomic mass is 16.2. The lowest BCUT2D eigenvalue weighted by atomic mass is 10.1. The highest BCUT2D eigenvalue weighted by Crippen LogP contribution is 2.28. The average Bonchev–Trinajstić information content (AvgIpc) is 2.78. The summed E-state index contributed by atoms with van der Waals surface area (Å²) >= 11 is 0. The lowest BCUT2D eigenvalue weighted by Crippen LogP contribution is -2.41. The second-order valence-corrected chi connectivity index (χ2v) is 7.32. The Bertz CT molecular complexity index is 971. The normalized spacial score (nSPS) is 10.5. The van der Waals surface area contributed by atoms with Crippen molar-refractivity contribution in [3.63, 3.8) is 0 Å². The highest BCUT2D eigenvalue weighted by molar-refractivity contribution is 6.01. The maximum Gasteiger partial charge on any atom is 0.329 e. The van der Waals surface area contributed by atoms with E-state index in [0.717, 1.165) is 24.1 Å². The van der Waals surface area contributed by atoms with E-state index in [1.807, 2.05) is 77.7 Å². The number of hydrogen-bond acceptors (Lipinski definition) is 2. The van der Waals surface area contributed by atoms with Gasteiger partial charge in [-0.2, -0.15) is 0 Å². The molecule has 3 aromatic carbocycles. The first kappa shape index (κ1) is 21.3. The Morgan fingerprint density at radius 1 is 0.800 bits per heavy atom. The standard InChI is InChI=1S/C26H28N2O2/c1-3-4-18-27(20-22-12-7-5-8-13-22)26(30)28(24-15-9-6-10-16-24)25-17-11-14-23(19-25)21(2)29/h5-17,19H,3-4,18,20H2,1-2H3. The summed E-state index contributed by atoms with van der Waals surface area (Å²) in [7, 11) is 0. The van der Waals surface area contributed by atoms with Crippen LogP contribution in [0.2, 0.25) is 0 Å². The first-order chi connectivity index (χ1) is 14.6. The van der Waals surface area contributed by atoms with Crippen LogP contribution < -0.4 is 4.90 Å². The smallest absolute Gasteiger partial charge is 0.320 e. The zero-order chi connectivity index (χ0) is 21.3. The van der Waals surface area contributed by atoms with Crippen LogP contribution in [0.25, 0.3) is 0 Å². The molecule has 0 aliphatic carbocycles. The van der Waals surface area contributed by atoms with Crippen LogP contribution in [0.4, 0.5) is 16.2 Å². The van der Waals surface area contributed by atoms with Gasteiger partial charge in [0.2, 0.25) is 0 Å². The first-order valence-electron chi connectivity index (χ1n) is 10.4. The number of unbranched alkanes of at least 4 members (excludes halogenated alkanes) is 1. The maximum atomic E-state index is 13.8. The van der Waals surface area contributed by atoms with Gasteiger partial charge < -0.3 is 4.90 Å². The second kappa shape index (κ2) is 10.4. The predicted molar refractivity (Wildman–Crippen MR) is 122 cm³/mol. The van der Waals surface area contributed by atoms with Crippen molar-refractivity contribution in [2.24, 2.45) is 0 Å². The van der Waals surface area contributed by atoms with E-state index in [9.17, 15) is 9.59 Å². The number of para-hydroxylation sites is 1. The van der Waals surface area contributed by atoms with E-state index in [0.29, 0.717) is 24.3 Å². The summed E-state index contributed by atoms with van der Waals surface area (Å²) in [5.41, 5.74) is 3.14. The molecular weight excluding hydrogens is 372 g/mol. The van der Waals surface area contributed by atoms with Gasteiger partial charge in [0.05, 0.1) is 11.4 Å². The van der Waals surface area contributed by atoms with E-state index in [2.05, 4.69) is 6.92 Å².